The zero-order valence-corrected chi connectivity index (χ0v) is 16.8. The number of rotatable bonds is 10. The van der Waals surface area contributed by atoms with Crippen molar-refractivity contribution in [2.45, 2.75) is 31.2 Å². The summed E-state index contributed by atoms with van der Waals surface area (Å²) >= 11 is 0. The van der Waals surface area contributed by atoms with Crippen LogP contribution in [0.1, 0.15) is 42.4 Å². The minimum atomic E-state index is -0.333. The monoisotopic (exact) mass is 373 g/mol. The van der Waals surface area contributed by atoms with Gasteiger partial charge in [-0.15, -0.1) is 0 Å². The molecule has 0 aliphatic rings. The normalized spacial score (nSPS) is 11.7. The van der Waals surface area contributed by atoms with E-state index in [2.05, 4.69) is 103 Å². The summed E-state index contributed by atoms with van der Waals surface area (Å²) in [5.74, 6) is 0. The van der Waals surface area contributed by atoms with Crippen LogP contribution in [0, 0.1) is 0 Å². The van der Waals surface area contributed by atoms with Crippen molar-refractivity contribution < 1.29 is 5.11 Å². The molecule has 28 heavy (non-hydrogen) atoms. The summed E-state index contributed by atoms with van der Waals surface area (Å²) in [4.78, 5) is 2.49. The Morgan fingerprint density at radius 3 is 1.39 bits per heavy atom. The van der Waals surface area contributed by atoms with E-state index in [1.165, 1.54) is 16.7 Å². The predicted molar refractivity (Wildman–Crippen MR) is 117 cm³/mol. The van der Waals surface area contributed by atoms with Crippen molar-refractivity contribution in [2.24, 2.45) is 0 Å². The highest BCUT2D eigenvalue weighted by Gasteiger charge is 2.39. The number of aliphatic hydroxyl groups is 1. The molecule has 0 amide bonds. The van der Waals surface area contributed by atoms with E-state index in [1.807, 2.05) is 0 Å². The molecule has 2 heteroatoms. The summed E-state index contributed by atoms with van der Waals surface area (Å²) in [6, 6.07) is 32.5. The van der Waals surface area contributed by atoms with Crippen LogP contribution in [0.5, 0.6) is 0 Å². The largest absolute Gasteiger partial charge is 0.396 e. The van der Waals surface area contributed by atoms with Crippen LogP contribution in [0.2, 0.25) is 0 Å². The third-order valence-corrected chi connectivity index (χ3v) is 5.55. The first-order chi connectivity index (χ1) is 13.8. The van der Waals surface area contributed by atoms with Crippen molar-refractivity contribution >= 4 is 0 Å². The van der Waals surface area contributed by atoms with Crippen molar-refractivity contribution in [2.75, 3.05) is 20.2 Å². The number of benzene rings is 3. The molecule has 0 unspecified atom stereocenters. The fourth-order valence-electron chi connectivity index (χ4n) is 4.18. The Morgan fingerprint density at radius 1 is 0.607 bits per heavy atom. The molecular weight excluding hydrogens is 342 g/mol. The molecule has 0 aliphatic carbocycles. The van der Waals surface area contributed by atoms with Gasteiger partial charge in [0, 0.05) is 6.61 Å². The van der Waals surface area contributed by atoms with Crippen molar-refractivity contribution in [1.29, 1.82) is 0 Å². The molecule has 3 rings (SSSR count). The van der Waals surface area contributed by atoms with E-state index in [0.717, 1.165) is 32.2 Å². The summed E-state index contributed by atoms with van der Waals surface area (Å²) in [6.45, 7) is 1.28. The molecule has 0 saturated heterocycles. The van der Waals surface area contributed by atoms with E-state index >= 15 is 0 Å². The molecule has 0 atom stereocenters. The Balaban J connectivity index is 2.06. The minimum Gasteiger partial charge on any atom is -0.396 e. The van der Waals surface area contributed by atoms with Crippen LogP contribution in [0.4, 0.5) is 0 Å². The number of hydrogen-bond acceptors (Lipinski definition) is 2. The van der Waals surface area contributed by atoms with Gasteiger partial charge in [-0.2, -0.15) is 0 Å². The molecule has 0 spiro atoms. The minimum absolute atomic E-state index is 0.290. The Labute approximate surface area is 169 Å². The maximum absolute atomic E-state index is 9.04. The number of aliphatic hydroxyl groups excluding tert-OH is 1. The molecule has 146 valence electrons. The van der Waals surface area contributed by atoms with Gasteiger partial charge in [0.1, 0.15) is 0 Å². The van der Waals surface area contributed by atoms with Gasteiger partial charge in [0.25, 0.3) is 0 Å². The molecule has 0 saturated carbocycles. The summed E-state index contributed by atoms with van der Waals surface area (Å²) in [6.07, 6.45) is 4.23. The predicted octanol–water partition coefficient (Wildman–Crippen LogP) is 5.46. The van der Waals surface area contributed by atoms with Gasteiger partial charge in [-0.3, -0.25) is 4.90 Å². The first-order valence-electron chi connectivity index (χ1n) is 10.3. The van der Waals surface area contributed by atoms with Crippen LogP contribution in [0.25, 0.3) is 0 Å². The van der Waals surface area contributed by atoms with Crippen molar-refractivity contribution in [3.8, 4) is 0 Å². The third kappa shape index (κ3) is 4.35. The molecule has 1 N–H and O–H groups in total. The third-order valence-electron chi connectivity index (χ3n) is 5.55. The highest BCUT2D eigenvalue weighted by molar-refractivity contribution is 5.49. The standard InChI is InChI=1S/C26H31NO/c1-27(21-13-2-3-14-22-28)26(23-15-7-4-8-16-23,24-17-9-5-10-18-24)25-19-11-6-12-20-25/h4-12,15-20,28H,2-3,13-14,21-22H2,1H3. The Morgan fingerprint density at radius 2 is 1.00 bits per heavy atom. The molecule has 2 nitrogen and oxygen atoms in total. The summed E-state index contributed by atoms with van der Waals surface area (Å²) in [7, 11) is 2.24. The molecule has 0 aromatic heterocycles. The zero-order chi connectivity index (χ0) is 19.7. The average Bonchev–Trinajstić information content (AvgIpc) is 2.76. The first kappa shape index (κ1) is 20.3. The SMILES string of the molecule is CN(CCCCCCO)C(c1ccccc1)(c1ccccc1)c1ccccc1. The Kier molecular flexibility index (Phi) is 7.41. The van der Waals surface area contributed by atoms with Gasteiger partial charge in [0.15, 0.2) is 0 Å². The van der Waals surface area contributed by atoms with Gasteiger partial charge in [-0.25, -0.2) is 0 Å². The lowest BCUT2D eigenvalue weighted by atomic mass is 9.75. The van der Waals surface area contributed by atoms with Gasteiger partial charge in [-0.1, -0.05) is 104 Å². The first-order valence-corrected chi connectivity index (χ1v) is 10.3. The second-order valence-corrected chi connectivity index (χ2v) is 7.37. The van der Waals surface area contributed by atoms with E-state index in [1.54, 1.807) is 0 Å². The van der Waals surface area contributed by atoms with Crippen LogP contribution >= 0.6 is 0 Å². The second-order valence-electron chi connectivity index (χ2n) is 7.37. The molecule has 0 fully saturated rings. The zero-order valence-electron chi connectivity index (χ0n) is 16.8. The molecule has 3 aromatic carbocycles. The van der Waals surface area contributed by atoms with Gasteiger partial charge in [0.05, 0.1) is 5.54 Å². The lowest BCUT2D eigenvalue weighted by molar-refractivity contribution is 0.194. The number of nitrogens with zero attached hydrogens (tertiary/aromatic N) is 1. The summed E-state index contributed by atoms with van der Waals surface area (Å²) < 4.78 is 0. The van der Waals surface area contributed by atoms with Crippen molar-refractivity contribution in [1.82, 2.24) is 4.90 Å². The van der Waals surface area contributed by atoms with Gasteiger partial charge in [0.2, 0.25) is 0 Å². The van der Waals surface area contributed by atoms with Gasteiger partial charge < -0.3 is 5.11 Å². The quantitative estimate of drug-likeness (QED) is 0.377. The molecule has 0 aliphatic heterocycles. The van der Waals surface area contributed by atoms with Crippen LogP contribution in [-0.4, -0.2) is 30.2 Å². The lowest BCUT2D eigenvalue weighted by Crippen LogP contribution is -2.46. The Hall–Kier alpha value is -2.42. The van der Waals surface area contributed by atoms with E-state index in [4.69, 9.17) is 5.11 Å². The highest BCUT2D eigenvalue weighted by atomic mass is 16.2. The second kappa shape index (κ2) is 10.2. The van der Waals surface area contributed by atoms with E-state index in [9.17, 15) is 0 Å². The van der Waals surface area contributed by atoms with E-state index in [0.29, 0.717) is 0 Å². The van der Waals surface area contributed by atoms with Crippen LogP contribution < -0.4 is 0 Å². The maximum Gasteiger partial charge on any atom is 0.0970 e. The molecule has 0 radical (unpaired) electrons. The molecule has 0 heterocycles. The summed E-state index contributed by atoms with van der Waals surface area (Å²) in [5, 5.41) is 9.04. The van der Waals surface area contributed by atoms with Gasteiger partial charge in [-0.05, 0) is 43.1 Å². The van der Waals surface area contributed by atoms with Crippen molar-refractivity contribution in [3.63, 3.8) is 0 Å². The van der Waals surface area contributed by atoms with Crippen LogP contribution in [0.15, 0.2) is 91.0 Å². The van der Waals surface area contributed by atoms with E-state index in [-0.39, 0.29) is 12.1 Å². The average molecular weight is 374 g/mol. The van der Waals surface area contributed by atoms with Crippen LogP contribution in [-0.2, 0) is 5.54 Å². The van der Waals surface area contributed by atoms with Crippen molar-refractivity contribution in [3.05, 3.63) is 108 Å². The fraction of sp³-hybridized carbons (Fsp3) is 0.308. The molecule has 3 aromatic rings. The number of hydrogen-bond donors (Lipinski definition) is 1. The smallest absolute Gasteiger partial charge is 0.0970 e. The lowest BCUT2D eigenvalue weighted by Gasteiger charge is -2.44. The van der Waals surface area contributed by atoms with Gasteiger partial charge >= 0.3 is 0 Å². The summed E-state index contributed by atoms with van der Waals surface area (Å²) in [5.41, 5.74) is 3.52. The molecule has 0 bridgehead atoms. The Bertz CT molecular complexity index is 705. The fourth-order valence-corrected chi connectivity index (χ4v) is 4.18. The van der Waals surface area contributed by atoms with E-state index < -0.39 is 0 Å². The number of unbranched alkanes of at least 4 members (excludes halogenated alkanes) is 3. The molecular formula is C26H31NO. The topological polar surface area (TPSA) is 23.5 Å². The maximum atomic E-state index is 9.04. The highest BCUT2D eigenvalue weighted by Crippen LogP contribution is 2.41. The van der Waals surface area contributed by atoms with Crippen LogP contribution in [0.3, 0.4) is 0 Å².